The molecule has 3 aliphatic carbocycles. The molecule has 0 saturated heterocycles. The molecule has 0 aliphatic heterocycles. The van der Waals surface area contributed by atoms with Crippen LogP contribution in [0.3, 0.4) is 0 Å². The summed E-state index contributed by atoms with van der Waals surface area (Å²) in [5, 5.41) is 13.4. The van der Waals surface area contributed by atoms with Gasteiger partial charge in [-0.05, 0) is 43.9 Å². The molecule has 0 radical (unpaired) electrons. The van der Waals surface area contributed by atoms with Gasteiger partial charge in [0.2, 0.25) is 0 Å². The predicted molar refractivity (Wildman–Crippen MR) is 56.0 cm³/mol. The van der Waals surface area contributed by atoms with Gasteiger partial charge in [-0.2, -0.15) is 0 Å². The predicted octanol–water partition coefficient (Wildman–Crippen LogP) is 1.68. The highest BCUT2D eigenvalue weighted by Gasteiger charge is 2.51. The molecule has 0 aromatic rings. The van der Waals surface area contributed by atoms with Crippen LogP contribution in [0.5, 0.6) is 0 Å². The van der Waals surface area contributed by atoms with Crippen molar-refractivity contribution in [1.29, 1.82) is 0 Å². The Balaban J connectivity index is 1.53. The average molecular weight is 195 g/mol. The number of fused-ring (bicyclic) bond motifs is 1. The second kappa shape index (κ2) is 3.49. The lowest BCUT2D eigenvalue weighted by atomic mass is 10.0. The molecule has 3 aliphatic rings. The van der Waals surface area contributed by atoms with Crippen molar-refractivity contribution in [3.05, 3.63) is 0 Å². The van der Waals surface area contributed by atoms with Gasteiger partial charge in [0.25, 0.3) is 0 Å². The normalized spacial score (nSPS) is 51.6. The van der Waals surface area contributed by atoms with E-state index < -0.39 is 0 Å². The van der Waals surface area contributed by atoms with E-state index in [1.807, 2.05) is 0 Å². The summed E-state index contributed by atoms with van der Waals surface area (Å²) in [6, 6.07) is 1.20. The summed E-state index contributed by atoms with van der Waals surface area (Å²) < 4.78 is 0. The Kier molecular flexibility index (Phi) is 2.29. The van der Waals surface area contributed by atoms with Crippen molar-refractivity contribution in [3.63, 3.8) is 0 Å². The largest absolute Gasteiger partial charge is 0.392 e. The zero-order chi connectivity index (χ0) is 9.54. The van der Waals surface area contributed by atoms with Crippen molar-refractivity contribution in [2.75, 3.05) is 0 Å². The van der Waals surface area contributed by atoms with Crippen molar-refractivity contribution < 1.29 is 5.11 Å². The summed E-state index contributed by atoms with van der Waals surface area (Å²) >= 11 is 0. The number of hydrogen-bond donors (Lipinski definition) is 2. The topological polar surface area (TPSA) is 32.3 Å². The maximum absolute atomic E-state index is 9.74. The molecule has 2 N–H and O–H groups in total. The minimum atomic E-state index is -0.0577. The summed E-state index contributed by atoms with van der Waals surface area (Å²) in [7, 11) is 0. The molecular formula is C12H21NO. The monoisotopic (exact) mass is 195 g/mol. The van der Waals surface area contributed by atoms with Crippen LogP contribution in [-0.4, -0.2) is 23.3 Å². The Bertz CT molecular complexity index is 206. The van der Waals surface area contributed by atoms with E-state index in [9.17, 15) is 5.11 Å². The summed E-state index contributed by atoms with van der Waals surface area (Å²) in [4.78, 5) is 0. The van der Waals surface area contributed by atoms with Crippen LogP contribution in [0.1, 0.15) is 44.9 Å². The van der Waals surface area contributed by atoms with E-state index in [0.717, 1.165) is 24.3 Å². The first kappa shape index (κ1) is 9.17. The standard InChI is InChI=1S/C12H21NO/c14-11-7-3-6-10(11)13-12-8-4-1-2-5-9(8)12/h8-14H,1-7H2/t8?,9?,10-,11-,12?/m0/s1. The zero-order valence-electron chi connectivity index (χ0n) is 8.78. The molecule has 0 spiro atoms. The highest BCUT2D eigenvalue weighted by molar-refractivity contribution is 5.06. The van der Waals surface area contributed by atoms with Crippen molar-refractivity contribution in [1.82, 2.24) is 5.32 Å². The number of aliphatic hydroxyl groups is 1. The fourth-order valence-corrected chi connectivity index (χ4v) is 3.62. The van der Waals surface area contributed by atoms with E-state index >= 15 is 0 Å². The number of rotatable bonds is 2. The number of hydrogen-bond acceptors (Lipinski definition) is 2. The molecule has 0 amide bonds. The number of nitrogens with one attached hydrogen (secondary N) is 1. The highest BCUT2D eigenvalue weighted by atomic mass is 16.3. The van der Waals surface area contributed by atoms with Crippen LogP contribution in [0.25, 0.3) is 0 Å². The lowest BCUT2D eigenvalue weighted by molar-refractivity contribution is 0.147. The molecule has 0 heterocycles. The third-order valence-electron chi connectivity index (χ3n) is 4.54. The smallest absolute Gasteiger partial charge is 0.0693 e. The van der Waals surface area contributed by atoms with Crippen LogP contribution in [0.2, 0.25) is 0 Å². The van der Waals surface area contributed by atoms with Crippen LogP contribution in [0.15, 0.2) is 0 Å². The quantitative estimate of drug-likeness (QED) is 0.702. The Labute approximate surface area is 86.1 Å². The first-order valence-corrected chi connectivity index (χ1v) is 6.30. The van der Waals surface area contributed by atoms with Crippen LogP contribution in [-0.2, 0) is 0 Å². The van der Waals surface area contributed by atoms with Crippen LogP contribution in [0, 0.1) is 11.8 Å². The maximum atomic E-state index is 9.74. The van der Waals surface area contributed by atoms with Crippen LogP contribution >= 0.6 is 0 Å². The summed E-state index contributed by atoms with van der Waals surface area (Å²) in [6.45, 7) is 0. The molecule has 3 saturated carbocycles. The van der Waals surface area contributed by atoms with E-state index in [2.05, 4.69) is 5.32 Å². The zero-order valence-corrected chi connectivity index (χ0v) is 8.78. The molecule has 2 nitrogen and oxygen atoms in total. The Hall–Kier alpha value is -0.0800. The van der Waals surface area contributed by atoms with Gasteiger partial charge in [-0.1, -0.05) is 12.8 Å². The van der Waals surface area contributed by atoms with E-state index in [1.54, 1.807) is 0 Å². The van der Waals surface area contributed by atoms with Gasteiger partial charge in [-0.3, -0.25) is 0 Å². The molecule has 0 aromatic heterocycles. The Morgan fingerprint density at radius 3 is 2.14 bits per heavy atom. The Morgan fingerprint density at radius 2 is 1.57 bits per heavy atom. The van der Waals surface area contributed by atoms with Crippen LogP contribution in [0.4, 0.5) is 0 Å². The molecule has 4 atom stereocenters. The van der Waals surface area contributed by atoms with E-state index in [1.165, 1.54) is 38.5 Å². The Morgan fingerprint density at radius 1 is 0.857 bits per heavy atom. The first-order valence-electron chi connectivity index (χ1n) is 6.30. The van der Waals surface area contributed by atoms with Gasteiger partial charge < -0.3 is 10.4 Å². The van der Waals surface area contributed by atoms with Gasteiger partial charge in [0, 0.05) is 12.1 Å². The second-order valence-electron chi connectivity index (χ2n) is 5.41. The van der Waals surface area contributed by atoms with E-state index in [4.69, 9.17) is 0 Å². The van der Waals surface area contributed by atoms with E-state index in [-0.39, 0.29) is 6.10 Å². The number of aliphatic hydroxyl groups excluding tert-OH is 1. The van der Waals surface area contributed by atoms with Crippen molar-refractivity contribution in [3.8, 4) is 0 Å². The molecule has 80 valence electrons. The summed E-state index contributed by atoms with van der Waals surface area (Å²) in [6.07, 6.45) is 9.10. The lowest BCUT2D eigenvalue weighted by Crippen LogP contribution is -2.38. The summed E-state index contributed by atoms with van der Waals surface area (Å²) in [5.74, 6) is 1.94. The fraction of sp³-hybridized carbons (Fsp3) is 1.00. The van der Waals surface area contributed by atoms with E-state index in [0.29, 0.717) is 6.04 Å². The molecule has 14 heavy (non-hydrogen) atoms. The molecule has 2 unspecified atom stereocenters. The fourth-order valence-electron chi connectivity index (χ4n) is 3.62. The SMILES string of the molecule is O[C@H]1CCC[C@@H]1NC1C2CCCCC21. The minimum Gasteiger partial charge on any atom is -0.392 e. The molecule has 3 fully saturated rings. The van der Waals surface area contributed by atoms with Gasteiger partial charge in [0.1, 0.15) is 0 Å². The molecule has 0 bridgehead atoms. The van der Waals surface area contributed by atoms with Gasteiger partial charge in [0.15, 0.2) is 0 Å². The second-order valence-corrected chi connectivity index (χ2v) is 5.41. The highest BCUT2D eigenvalue weighted by Crippen LogP contribution is 2.50. The first-order chi connectivity index (χ1) is 6.86. The third-order valence-corrected chi connectivity index (χ3v) is 4.54. The molecule has 3 rings (SSSR count). The van der Waals surface area contributed by atoms with Gasteiger partial charge in [-0.25, -0.2) is 0 Å². The lowest BCUT2D eigenvalue weighted by Gasteiger charge is -2.16. The summed E-state index contributed by atoms with van der Waals surface area (Å²) in [5.41, 5.74) is 0. The van der Waals surface area contributed by atoms with Crippen molar-refractivity contribution >= 4 is 0 Å². The third kappa shape index (κ3) is 1.49. The van der Waals surface area contributed by atoms with Crippen molar-refractivity contribution in [2.45, 2.75) is 63.1 Å². The van der Waals surface area contributed by atoms with Gasteiger partial charge in [0.05, 0.1) is 6.10 Å². The van der Waals surface area contributed by atoms with Crippen molar-refractivity contribution in [2.24, 2.45) is 11.8 Å². The maximum Gasteiger partial charge on any atom is 0.0693 e. The minimum absolute atomic E-state index is 0.0577. The van der Waals surface area contributed by atoms with Crippen LogP contribution < -0.4 is 5.32 Å². The van der Waals surface area contributed by atoms with Gasteiger partial charge in [-0.15, -0.1) is 0 Å². The molecular weight excluding hydrogens is 174 g/mol. The molecule has 2 heteroatoms. The van der Waals surface area contributed by atoms with Gasteiger partial charge >= 0.3 is 0 Å². The average Bonchev–Trinajstić information content (AvgIpc) is 2.75. The molecule has 0 aromatic carbocycles.